The van der Waals surface area contributed by atoms with Crippen molar-refractivity contribution in [2.75, 3.05) is 19.5 Å². The maximum absolute atomic E-state index is 12.3. The highest BCUT2D eigenvalue weighted by molar-refractivity contribution is 7.89. The van der Waals surface area contributed by atoms with Crippen LogP contribution >= 0.6 is 0 Å². The van der Waals surface area contributed by atoms with Crippen LogP contribution in [0.25, 0.3) is 0 Å². The summed E-state index contributed by atoms with van der Waals surface area (Å²) in [7, 11) is -2.60. The predicted molar refractivity (Wildman–Crippen MR) is 78.4 cm³/mol. The summed E-state index contributed by atoms with van der Waals surface area (Å²) < 4.78 is 32.1. The van der Waals surface area contributed by atoms with Crippen molar-refractivity contribution in [2.45, 2.75) is 30.7 Å². The number of anilines is 1. The molecule has 1 aromatic carbocycles. The van der Waals surface area contributed by atoms with Gasteiger partial charge in [-0.1, -0.05) is 19.4 Å². The molecule has 3 N–H and O–H groups in total. The van der Waals surface area contributed by atoms with Crippen LogP contribution in [0.1, 0.15) is 19.8 Å². The van der Waals surface area contributed by atoms with E-state index in [0.29, 0.717) is 6.42 Å². The number of benzene rings is 1. The largest absolute Gasteiger partial charge is 0.393 e. The van der Waals surface area contributed by atoms with Gasteiger partial charge in [0.2, 0.25) is 10.0 Å². The Hall–Kier alpha value is -1.71. The molecule has 118 valence electrons. The molecule has 0 bridgehead atoms. The lowest BCUT2D eigenvalue weighted by Crippen LogP contribution is -2.38. The third kappa shape index (κ3) is 4.38. The summed E-state index contributed by atoms with van der Waals surface area (Å²) in [5, 5.41) is 11.0. The first-order valence-corrected chi connectivity index (χ1v) is 7.86. The minimum absolute atomic E-state index is 0.184. The summed E-state index contributed by atoms with van der Waals surface area (Å²) >= 11 is 0. The lowest BCUT2D eigenvalue weighted by molar-refractivity contribution is -0.386. The third-order valence-electron chi connectivity index (χ3n) is 2.83. The van der Waals surface area contributed by atoms with E-state index in [1.807, 2.05) is 6.92 Å². The number of nitrogen functional groups attached to an aromatic ring is 1. The van der Waals surface area contributed by atoms with Gasteiger partial charge in [-0.2, -0.15) is 0 Å². The second-order valence-corrected chi connectivity index (χ2v) is 6.20. The van der Waals surface area contributed by atoms with Crippen molar-refractivity contribution in [1.29, 1.82) is 0 Å². The quantitative estimate of drug-likeness (QED) is 0.422. The maximum Gasteiger partial charge on any atom is 0.312 e. The van der Waals surface area contributed by atoms with Crippen LogP contribution in [0.2, 0.25) is 0 Å². The van der Waals surface area contributed by atoms with E-state index in [9.17, 15) is 18.5 Å². The van der Waals surface area contributed by atoms with Crippen LogP contribution in [-0.2, 0) is 14.8 Å². The average molecular weight is 317 g/mol. The number of sulfonamides is 1. The van der Waals surface area contributed by atoms with E-state index in [1.54, 1.807) is 0 Å². The van der Waals surface area contributed by atoms with Crippen molar-refractivity contribution in [1.82, 2.24) is 4.72 Å². The molecule has 0 spiro atoms. The number of nitrogens with zero attached hydrogens (tertiary/aromatic N) is 1. The van der Waals surface area contributed by atoms with E-state index >= 15 is 0 Å². The summed E-state index contributed by atoms with van der Waals surface area (Å²) in [6.45, 7) is 2.09. The zero-order valence-electron chi connectivity index (χ0n) is 11.9. The Kier molecular flexibility index (Phi) is 6.06. The molecule has 0 aliphatic carbocycles. The van der Waals surface area contributed by atoms with Crippen molar-refractivity contribution >= 4 is 21.4 Å². The van der Waals surface area contributed by atoms with Crippen LogP contribution in [0.15, 0.2) is 23.1 Å². The molecule has 9 heteroatoms. The van der Waals surface area contributed by atoms with E-state index in [-0.39, 0.29) is 12.3 Å². The fraction of sp³-hybridized carbons (Fsp3) is 0.500. The zero-order chi connectivity index (χ0) is 16.0. The van der Waals surface area contributed by atoms with Crippen molar-refractivity contribution in [3.63, 3.8) is 0 Å². The highest BCUT2D eigenvalue weighted by atomic mass is 32.2. The van der Waals surface area contributed by atoms with Crippen LogP contribution in [0.5, 0.6) is 0 Å². The molecule has 1 atom stereocenters. The Morgan fingerprint density at radius 3 is 2.67 bits per heavy atom. The first-order chi connectivity index (χ1) is 9.83. The smallest absolute Gasteiger partial charge is 0.312 e. The summed E-state index contributed by atoms with van der Waals surface area (Å²) in [6.07, 6.45) is 1.30. The van der Waals surface area contributed by atoms with Crippen LogP contribution in [0, 0.1) is 10.1 Å². The molecule has 1 unspecified atom stereocenters. The number of nitrogens with one attached hydrogen (secondary N) is 1. The van der Waals surface area contributed by atoms with E-state index in [4.69, 9.17) is 10.5 Å². The van der Waals surface area contributed by atoms with Gasteiger partial charge < -0.3 is 10.5 Å². The van der Waals surface area contributed by atoms with Gasteiger partial charge in [0.05, 0.1) is 11.5 Å². The molecule has 0 amide bonds. The molecule has 0 saturated carbocycles. The lowest BCUT2D eigenvalue weighted by Gasteiger charge is -2.17. The number of ether oxygens (including phenoxy) is 1. The Labute approximate surface area is 123 Å². The minimum atomic E-state index is -4.05. The summed E-state index contributed by atoms with van der Waals surface area (Å²) in [5.74, 6) is 0. The molecule has 0 heterocycles. The third-order valence-corrected chi connectivity index (χ3v) is 4.38. The topological polar surface area (TPSA) is 125 Å². The average Bonchev–Trinajstić information content (AvgIpc) is 2.38. The number of para-hydroxylation sites is 1. The summed E-state index contributed by atoms with van der Waals surface area (Å²) in [4.78, 5) is 9.80. The van der Waals surface area contributed by atoms with Gasteiger partial charge in [-0.3, -0.25) is 10.1 Å². The Morgan fingerprint density at radius 2 is 2.14 bits per heavy atom. The monoisotopic (exact) mass is 317 g/mol. The molecule has 0 radical (unpaired) electrons. The van der Waals surface area contributed by atoms with Gasteiger partial charge >= 0.3 is 5.69 Å². The number of methoxy groups -OCH3 is 1. The van der Waals surface area contributed by atoms with E-state index in [2.05, 4.69) is 4.72 Å². The molecule has 0 aliphatic heterocycles. The van der Waals surface area contributed by atoms with Gasteiger partial charge in [0.25, 0.3) is 0 Å². The first-order valence-electron chi connectivity index (χ1n) is 6.37. The SMILES string of the molecule is CCCC(COC)NS(=O)(=O)c1cccc(N)c1[N+](=O)[O-]. The molecule has 1 rings (SSSR count). The van der Waals surface area contributed by atoms with Crippen molar-refractivity contribution < 1.29 is 18.1 Å². The van der Waals surface area contributed by atoms with Gasteiger partial charge in [-0.05, 0) is 18.6 Å². The number of rotatable bonds is 8. The zero-order valence-corrected chi connectivity index (χ0v) is 12.7. The number of hydrogen-bond acceptors (Lipinski definition) is 6. The standard InChI is InChI=1S/C12H19N3O5S/c1-3-5-9(8-20-2)14-21(18,19)11-7-4-6-10(13)12(11)15(16)17/h4,6-7,9,14H,3,5,8,13H2,1-2H3. The number of hydrogen-bond donors (Lipinski definition) is 2. The van der Waals surface area contributed by atoms with Gasteiger partial charge in [0.15, 0.2) is 4.90 Å². The molecule has 1 aromatic rings. The fourth-order valence-electron chi connectivity index (χ4n) is 1.96. The van der Waals surface area contributed by atoms with E-state index < -0.39 is 31.6 Å². The van der Waals surface area contributed by atoms with Crippen LogP contribution in [0.3, 0.4) is 0 Å². The maximum atomic E-state index is 12.3. The van der Waals surface area contributed by atoms with Crippen LogP contribution in [0.4, 0.5) is 11.4 Å². The molecule has 21 heavy (non-hydrogen) atoms. The van der Waals surface area contributed by atoms with Crippen LogP contribution in [-0.4, -0.2) is 33.1 Å². The predicted octanol–water partition coefficient (Wildman–Crippen LogP) is 1.27. The second kappa shape index (κ2) is 7.34. The van der Waals surface area contributed by atoms with Crippen molar-refractivity contribution in [3.05, 3.63) is 28.3 Å². The molecule has 0 aromatic heterocycles. The molecular weight excluding hydrogens is 298 g/mol. The number of nitro groups is 1. The summed E-state index contributed by atoms with van der Waals surface area (Å²) in [5.41, 5.74) is 4.70. The fourth-order valence-corrected chi connectivity index (χ4v) is 3.42. The van der Waals surface area contributed by atoms with E-state index in [0.717, 1.165) is 12.5 Å². The van der Waals surface area contributed by atoms with Gasteiger partial charge in [0.1, 0.15) is 5.69 Å². The number of nitro benzene ring substituents is 1. The van der Waals surface area contributed by atoms with Gasteiger partial charge in [-0.15, -0.1) is 0 Å². The normalized spacial score (nSPS) is 13.0. The number of nitrogens with two attached hydrogens (primary N) is 1. The summed E-state index contributed by atoms with van der Waals surface area (Å²) in [6, 6.07) is 3.36. The minimum Gasteiger partial charge on any atom is -0.393 e. The molecule has 0 aliphatic rings. The Bertz CT molecular complexity index is 597. The molecule has 0 saturated heterocycles. The molecule has 8 nitrogen and oxygen atoms in total. The molecular formula is C12H19N3O5S. The van der Waals surface area contributed by atoms with Crippen molar-refractivity contribution in [3.8, 4) is 0 Å². The molecule has 0 fully saturated rings. The van der Waals surface area contributed by atoms with Gasteiger partial charge in [0, 0.05) is 13.2 Å². The highest BCUT2D eigenvalue weighted by Crippen LogP contribution is 2.29. The first kappa shape index (κ1) is 17.3. The Morgan fingerprint density at radius 1 is 1.48 bits per heavy atom. The van der Waals surface area contributed by atoms with Crippen LogP contribution < -0.4 is 10.5 Å². The van der Waals surface area contributed by atoms with Gasteiger partial charge in [-0.25, -0.2) is 13.1 Å². The second-order valence-electron chi connectivity index (χ2n) is 4.51. The highest BCUT2D eigenvalue weighted by Gasteiger charge is 2.29. The van der Waals surface area contributed by atoms with Crippen molar-refractivity contribution in [2.24, 2.45) is 0 Å². The lowest BCUT2D eigenvalue weighted by atomic mass is 10.2. The van der Waals surface area contributed by atoms with E-state index in [1.165, 1.54) is 19.2 Å². The Balaban J connectivity index is 3.19.